The number of halogens is 11. The first-order chi connectivity index (χ1) is 7.56. The van der Waals surface area contributed by atoms with E-state index in [-0.39, 0.29) is 6.42 Å². The van der Waals surface area contributed by atoms with Crippen molar-refractivity contribution in [1.82, 2.24) is 0 Å². The van der Waals surface area contributed by atoms with E-state index in [1.54, 1.807) is 0 Å². The number of alkyl halides is 11. The summed E-state index contributed by atoms with van der Waals surface area (Å²) in [4.78, 5) is 0. The Morgan fingerprint density at radius 2 is 0.889 bits per heavy atom. The molecule has 0 amide bonds. The van der Waals surface area contributed by atoms with Crippen LogP contribution in [0.2, 0.25) is 0 Å². The molecule has 0 atom stereocenters. The van der Waals surface area contributed by atoms with Gasteiger partial charge in [-0.15, -0.1) is 0 Å². The van der Waals surface area contributed by atoms with Crippen LogP contribution < -0.4 is 0 Å². The molecule has 11 heteroatoms. The van der Waals surface area contributed by atoms with Gasteiger partial charge in [-0.3, -0.25) is 0 Å². The van der Waals surface area contributed by atoms with Crippen molar-refractivity contribution in [3.05, 3.63) is 0 Å². The van der Waals surface area contributed by atoms with Crippen LogP contribution in [0.25, 0.3) is 0 Å². The van der Waals surface area contributed by atoms with Gasteiger partial charge in [-0.1, -0.05) is 6.92 Å². The number of hydrogen-bond donors (Lipinski definition) is 0. The molecule has 0 aromatic heterocycles. The fourth-order valence-electron chi connectivity index (χ4n) is 0.444. The normalized spacial score (nSPS) is 14.0. The second-order valence-corrected chi connectivity index (χ2v) is 2.94. The molecule has 0 unspecified atom stereocenters. The molecule has 0 aliphatic rings. The molecule has 0 spiro atoms. The van der Waals surface area contributed by atoms with Crippen LogP contribution in [0, 0.1) is 0 Å². The van der Waals surface area contributed by atoms with E-state index < -0.39 is 30.9 Å². The summed E-state index contributed by atoms with van der Waals surface area (Å²) >= 11 is 0. The first-order valence-corrected chi connectivity index (χ1v) is 4.14. The Morgan fingerprint density at radius 1 is 0.611 bits per heavy atom. The Bertz CT molecular complexity index is 213. The van der Waals surface area contributed by atoms with Gasteiger partial charge in [-0.05, 0) is 6.42 Å². The summed E-state index contributed by atoms with van der Waals surface area (Å²) in [6.45, 7) is 1.51. The molecular weight excluding hydrogens is 293 g/mol. The average molecular weight is 300 g/mol. The molecule has 0 saturated carbocycles. The molecule has 18 heavy (non-hydrogen) atoms. The molecule has 0 aromatic carbocycles. The zero-order chi connectivity index (χ0) is 15.4. The predicted octanol–water partition coefficient (Wildman–Crippen LogP) is 5.10. The molecular formula is C7H7F11. The zero-order valence-corrected chi connectivity index (χ0v) is 8.57. The Hall–Kier alpha value is -0.770. The Labute approximate surface area is 93.8 Å². The number of rotatable bonds is 1. The molecule has 0 saturated heterocycles. The van der Waals surface area contributed by atoms with Crippen molar-refractivity contribution in [3.8, 4) is 0 Å². The maximum absolute atomic E-state index is 11.2. The molecule has 112 valence electrons. The molecule has 0 fully saturated rings. The van der Waals surface area contributed by atoms with Gasteiger partial charge in [0.15, 0.2) is 0 Å². The standard InChI is InChI=1S/C4H7F3.C3F8/c1-2-3-4(5,6)7;4-1(5,2(6,7)8)3(9,10)11/h2-3H2,1H3;. The SMILES string of the molecule is CCCC(F)(F)F.FC(F)(F)C(F)(F)C(F)(F)F. The lowest BCUT2D eigenvalue weighted by molar-refractivity contribution is -0.389. The highest BCUT2D eigenvalue weighted by Crippen LogP contribution is 2.46. The predicted molar refractivity (Wildman–Crippen MR) is 38.0 cm³/mol. The second-order valence-electron chi connectivity index (χ2n) is 2.94. The summed E-state index contributed by atoms with van der Waals surface area (Å²) < 4.78 is 121. The lowest BCUT2D eigenvalue weighted by Crippen LogP contribution is -2.49. The van der Waals surface area contributed by atoms with Gasteiger partial charge >= 0.3 is 24.5 Å². The monoisotopic (exact) mass is 300 g/mol. The van der Waals surface area contributed by atoms with Crippen molar-refractivity contribution < 1.29 is 48.3 Å². The smallest absolute Gasteiger partial charge is 0.186 e. The summed E-state index contributed by atoms with van der Waals surface area (Å²) in [5.41, 5.74) is 0. The summed E-state index contributed by atoms with van der Waals surface area (Å²) in [6.07, 6.45) is -17.6. The molecule has 0 aliphatic carbocycles. The van der Waals surface area contributed by atoms with Crippen LogP contribution in [0.1, 0.15) is 19.8 Å². The highest BCUT2D eigenvalue weighted by molar-refractivity contribution is 4.83. The second kappa shape index (κ2) is 5.91. The maximum atomic E-state index is 11.2. The van der Waals surface area contributed by atoms with E-state index in [0.29, 0.717) is 0 Å². The van der Waals surface area contributed by atoms with Crippen molar-refractivity contribution in [2.75, 3.05) is 0 Å². The molecule has 0 rings (SSSR count). The molecule has 0 N–H and O–H groups in total. The molecule has 0 heterocycles. The fraction of sp³-hybridized carbons (Fsp3) is 1.00. The average Bonchev–Trinajstić information content (AvgIpc) is 1.97. The van der Waals surface area contributed by atoms with Crippen LogP contribution in [0.5, 0.6) is 0 Å². The van der Waals surface area contributed by atoms with Gasteiger partial charge in [-0.25, -0.2) is 0 Å². The van der Waals surface area contributed by atoms with Crippen molar-refractivity contribution in [3.63, 3.8) is 0 Å². The lowest BCUT2D eigenvalue weighted by Gasteiger charge is -2.21. The Morgan fingerprint density at radius 3 is 0.889 bits per heavy atom. The van der Waals surface area contributed by atoms with Crippen molar-refractivity contribution in [2.24, 2.45) is 0 Å². The number of hydrogen-bond acceptors (Lipinski definition) is 0. The van der Waals surface area contributed by atoms with Gasteiger partial charge in [0.05, 0.1) is 0 Å². The van der Waals surface area contributed by atoms with Crippen LogP contribution in [0.4, 0.5) is 48.3 Å². The van der Waals surface area contributed by atoms with Gasteiger partial charge in [0.2, 0.25) is 0 Å². The highest BCUT2D eigenvalue weighted by atomic mass is 19.5. The van der Waals surface area contributed by atoms with E-state index in [9.17, 15) is 48.3 Å². The van der Waals surface area contributed by atoms with E-state index in [2.05, 4.69) is 0 Å². The van der Waals surface area contributed by atoms with E-state index >= 15 is 0 Å². The van der Waals surface area contributed by atoms with E-state index in [1.807, 2.05) is 0 Å². The largest absolute Gasteiger partial charge is 0.463 e. The summed E-state index contributed by atoms with van der Waals surface area (Å²) in [6, 6.07) is 0. The Kier molecular flexibility index (Phi) is 6.43. The zero-order valence-electron chi connectivity index (χ0n) is 8.57. The molecule has 0 aliphatic heterocycles. The van der Waals surface area contributed by atoms with E-state index in [4.69, 9.17) is 0 Å². The maximum Gasteiger partial charge on any atom is 0.463 e. The third-order valence-corrected chi connectivity index (χ3v) is 1.25. The first-order valence-electron chi connectivity index (χ1n) is 4.14. The minimum Gasteiger partial charge on any atom is -0.186 e. The first kappa shape index (κ1) is 19.6. The lowest BCUT2D eigenvalue weighted by atomic mass is 10.3. The minimum absolute atomic E-state index is 0.184. The fourth-order valence-corrected chi connectivity index (χ4v) is 0.444. The summed E-state index contributed by atoms with van der Waals surface area (Å²) in [7, 11) is 0. The summed E-state index contributed by atoms with van der Waals surface area (Å²) in [5, 5.41) is 0. The van der Waals surface area contributed by atoms with Gasteiger partial charge in [0.1, 0.15) is 0 Å². The van der Waals surface area contributed by atoms with Gasteiger partial charge < -0.3 is 0 Å². The van der Waals surface area contributed by atoms with Crippen LogP contribution >= 0.6 is 0 Å². The summed E-state index contributed by atoms with van der Waals surface area (Å²) in [5.74, 6) is -6.62. The van der Waals surface area contributed by atoms with E-state index in [1.165, 1.54) is 6.92 Å². The third kappa shape index (κ3) is 6.84. The molecule has 0 aromatic rings. The van der Waals surface area contributed by atoms with Crippen molar-refractivity contribution in [2.45, 2.75) is 44.2 Å². The van der Waals surface area contributed by atoms with Gasteiger partial charge in [0, 0.05) is 6.42 Å². The quantitative estimate of drug-likeness (QED) is 0.591. The minimum atomic E-state index is -6.62. The van der Waals surface area contributed by atoms with Gasteiger partial charge in [-0.2, -0.15) is 48.3 Å². The van der Waals surface area contributed by atoms with E-state index in [0.717, 1.165) is 0 Å². The topological polar surface area (TPSA) is 0 Å². The van der Waals surface area contributed by atoms with Crippen LogP contribution in [0.15, 0.2) is 0 Å². The molecule has 0 bridgehead atoms. The highest BCUT2D eigenvalue weighted by Gasteiger charge is 2.74. The molecule has 0 radical (unpaired) electrons. The van der Waals surface area contributed by atoms with Gasteiger partial charge in [0.25, 0.3) is 0 Å². The van der Waals surface area contributed by atoms with Crippen molar-refractivity contribution >= 4 is 0 Å². The third-order valence-electron chi connectivity index (χ3n) is 1.25. The van der Waals surface area contributed by atoms with Crippen LogP contribution in [-0.4, -0.2) is 24.5 Å². The van der Waals surface area contributed by atoms with Crippen LogP contribution in [-0.2, 0) is 0 Å². The Balaban J connectivity index is 0. The molecule has 0 nitrogen and oxygen atoms in total. The van der Waals surface area contributed by atoms with Crippen molar-refractivity contribution in [1.29, 1.82) is 0 Å². The van der Waals surface area contributed by atoms with Crippen LogP contribution in [0.3, 0.4) is 0 Å².